The topological polar surface area (TPSA) is 49.3 Å². The number of carbonyl (C=O) groups is 1. The third-order valence-corrected chi connectivity index (χ3v) is 2.27. The van der Waals surface area contributed by atoms with Crippen molar-refractivity contribution in [2.24, 2.45) is 5.92 Å². The van der Waals surface area contributed by atoms with Gasteiger partial charge in [0.15, 0.2) is 0 Å². The van der Waals surface area contributed by atoms with Crippen molar-refractivity contribution >= 4 is 39.0 Å². The molecular weight excluding hydrogens is 302 g/mol. The Balaban J connectivity index is 0. The van der Waals surface area contributed by atoms with E-state index in [-0.39, 0.29) is 21.9 Å². The summed E-state index contributed by atoms with van der Waals surface area (Å²) in [5.74, 6) is 0.561. The Morgan fingerprint density at radius 1 is 1.62 bits per heavy atom. The summed E-state index contributed by atoms with van der Waals surface area (Å²) in [4.78, 5) is 10.1. The van der Waals surface area contributed by atoms with Crippen LogP contribution in [0.4, 0.5) is 4.79 Å². The summed E-state index contributed by atoms with van der Waals surface area (Å²) in [5, 5.41) is 10.8. The monoisotopic (exact) mass is 317 g/mol. The van der Waals surface area contributed by atoms with Crippen LogP contribution in [0.2, 0.25) is 0 Å². The quantitative estimate of drug-likeness (QED) is 0.603. The predicted molar refractivity (Wildman–Crippen MR) is 62.9 cm³/mol. The number of rotatable bonds is 5. The van der Waals surface area contributed by atoms with Gasteiger partial charge in [0.05, 0.1) is 4.95 Å². The van der Waals surface area contributed by atoms with Crippen LogP contribution in [-0.2, 0) is 0 Å². The van der Waals surface area contributed by atoms with Gasteiger partial charge >= 0.3 is 6.09 Å². The van der Waals surface area contributed by atoms with E-state index in [0.29, 0.717) is 5.92 Å². The van der Waals surface area contributed by atoms with E-state index in [0.717, 1.165) is 19.3 Å². The van der Waals surface area contributed by atoms with Gasteiger partial charge in [0.1, 0.15) is 0 Å². The highest BCUT2D eigenvalue weighted by Gasteiger charge is 2.10. The molecule has 2 unspecified atom stereocenters. The Hall–Kier alpha value is 0.230. The minimum Gasteiger partial charge on any atom is -0.465 e. The van der Waals surface area contributed by atoms with Crippen LogP contribution >= 0.6 is 32.9 Å². The number of carboxylic acid groups (broad SMARTS) is 1. The second-order valence-corrected chi connectivity index (χ2v) is 4.15. The number of amides is 1. The average Bonchev–Trinajstić information content (AvgIpc) is 1.84. The Morgan fingerprint density at radius 2 is 2.15 bits per heavy atom. The lowest BCUT2D eigenvalue weighted by Gasteiger charge is -2.14. The number of hydrogen-bond acceptors (Lipinski definition) is 1. The van der Waals surface area contributed by atoms with Gasteiger partial charge in [-0.15, -0.1) is 17.0 Å². The lowest BCUT2D eigenvalue weighted by atomic mass is 10.0. The van der Waals surface area contributed by atoms with Crippen molar-refractivity contribution in [1.29, 1.82) is 0 Å². The van der Waals surface area contributed by atoms with Gasteiger partial charge in [-0.1, -0.05) is 42.6 Å². The van der Waals surface area contributed by atoms with Gasteiger partial charge in [0.2, 0.25) is 0 Å². The fourth-order valence-corrected chi connectivity index (χ4v) is 1.99. The maximum absolute atomic E-state index is 10.2. The number of nitrogens with one attached hydrogen (secondary N) is 1. The standard InChI is InChI=1S/C8H16BrNO2.BrH/c1-3-4-6(2)5-7(9)10-8(11)12;/h6-7,10H,3-5H2,1-2H3,(H,11,12);1H. The third kappa shape index (κ3) is 10.1. The molecule has 5 heteroatoms. The first-order valence-electron chi connectivity index (χ1n) is 4.19. The van der Waals surface area contributed by atoms with E-state index in [1.807, 2.05) is 0 Å². The Morgan fingerprint density at radius 3 is 2.54 bits per heavy atom. The third-order valence-electron chi connectivity index (χ3n) is 1.67. The number of hydrogen-bond donors (Lipinski definition) is 2. The van der Waals surface area contributed by atoms with Crippen LogP contribution in [0.25, 0.3) is 0 Å². The molecule has 0 fully saturated rings. The molecule has 2 N–H and O–H groups in total. The van der Waals surface area contributed by atoms with Gasteiger partial charge in [-0.2, -0.15) is 0 Å². The van der Waals surface area contributed by atoms with Gasteiger partial charge in [-0.05, 0) is 12.3 Å². The van der Waals surface area contributed by atoms with E-state index in [2.05, 4.69) is 35.1 Å². The Bertz CT molecular complexity index is 144. The molecule has 0 spiro atoms. The fourth-order valence-electron chi connectivity index (χ4n) is 1.16. The summed E-state index contributed by atoms with van der Waals surface area (Å²) in [6.07, 6.45) is 2.16. The molecule has 0 saturated carbocycles. The first kappa shape index (κ1) is 15.7. The zero-order chi connectivity index (χ0) is 9.56. The minimum atomic E-state index is -0.972. The first-order valence-corrected chi connectivity index (χ1v) is 5.11. The van der Waals surface area contributed by atoms with E-state index < -0.39 is 6.09 Å². The maximum Gasteiger partial charge on any atom is 0.405 e. The molecule has 80 valence electrons. The highest BCUT2D eigenvalue weighted by molar-refractivity contribution is 9.09. The lowest BCUT2D eigenvalue weighted by molar-refractivity contribution is 0.192. The van der Waals surface area contributed by atoms with Gasteiger partial charge in [-0.3, -0.25) is 0 Å². The predicted octanol–water partition coefficient (Wildman–Crippen LogP) is 3.38. The van der Waals surface area contributed by atoms with Crippen LogP contribution in [0, 0.1) is 5.92 Å². The SMILES string of the molecule is Br.CCCC(C)CC(Br)NC(=O)O. The second kappa shape index (κ2) is 8.81. The van der Waals surface area contributed by atoms with Crippen LogP contribution in [0.3, 0.4) is 0 Å². The number of alkyl halides is 1. The molecule has 0 aromatic carbocycles. The van der Waals surface area contributed by atoms with Gasteiger partial charge < -0.3 is 10.4 Å². The van der Waals surface area contributed by atoms with E-state index in [4.69, 9.17) is 5.11 Å². The normalized spacial score (nSPS) is 14.1. The van der Waals surface area contributed by atoms with Crippen LogP contribution in [-0.4, -0.2) is 16.2 Å². The van der Waals surface area contributed by atoms with Crippen molar-refractivity contribution in [1.82, 2.24) is 5.32 Å². The van der Waals surface area contributed by atoms with Crippen molar-refractivity contribution in [2.45, 2.75) is 38.1 Å². The van der Waals surface area contributed by atoms with E-state index >= 15 is 0 Å². The van der Waals surface area contributed by atoms with Crippen molar-refractivity contribution in [2.75, 3.05) is 0 Å². The number of halogens is 2. The van der Waals surface area contributed by atoms with Crippen LogP contribution < -0.4 is 5.32 Å². The van der Waals surface area contributed by atoms with Gasteiger partial charge in [-0.25, -0.2) is 4.79 Å². The molecular formula is C8H17Br2NO2. The molecule has 13 heavy (non-hydrogen) atoms. The van der Waals surface area contributed by atoms with E-state index in [9.17, 15) is 4.79 Å². The molecule has 0 aromatic heterocycles. The summed E-state index contributed by atoms with van der Waals surface area (Å²) in [5.41, 5.74) is 0. The summed E-state index contributed by atoms with van der Waals surface area (Å²) in [6.45, 7) is 4.26. The van der Waals surface area contributed by atoms with Crippen LogP contribution in [0.15, 0.2) is 0 Å². The van der Waals surface area contributed by atoms with Crippen molar-refractivity contribution in [3.63, 3.8) is 0 Å². The fraction of sp³-hybridized carbons (Fsp3) is 0.875. The highest BCUT2D eigenvalue weighted by atomic mass is 79.9. The smallest absolute Gasteiger partial charge is 0.405 e. The summed E-state index contributed by atoms with van der Waals surface area (Å²) >= 11 is 3.26. The molecule has 3 nitrogen and oxygen atoms in total. The highest BCUT2D eigenvalue weighted by Crippen LogP contribution is 2.15. The second-order valence-electron chi connectivity index (χ2n) is 3.05. The molecule has 0 aliphatic heterocycles. The molecule has 0 bridgehead atoms. The largest absolute Gasteiger partial charge is 0.465 e. The Kier molecular flexibility index (Phi) is 10.6. The van der Waals surface area contributed by atoms with Crippen LogP contribution in [0.5, 0.6) is 0 Å². The summed E-state index contributed by atoms with van der Waals surface area (Å²) in [6, 6.07) is 0. The maximum atomic E-state index is 10.2. The van der Waals surface area contributed by atoms with Gasteiger partial charge in [0, 0.05) is 0 Å². The molecule has 0 heterocycles. The lowest BCUT2D eigenvalue weighted by Crippen LogP contribution is -2.30. The molecule has 0 saturated heterocycles. The molecule has 0 aromatic rings. The summed E-state index contributed by atoms with van der Waals surface area (Å²) in [7, 11) is 0. The van der Waals surface area contributed by atoms with E-state index in [1.54, 1.807) is 0 Å². The molecule has 0 aliphatic carbocycles. The van der Waals surface area contributed by atoms with Crippen molar-refractivity contribution in [3.8, 4) is 0 Å². The zero-order valence-corrected chi connectivity index (χ0v) is 11.2. The average molecular weight is 319 g/mol. The minimum absolute atomic E-state index is 0. The molecule has 0 radical (unpaired) electrons. The Labute approximate surface area is 98.2 Å². The van der Waals surface area contributed by atoms with Crippen molar-refractivity contribution in [3.05, 3.63) is 0 Å². The molecule has 0 aliphatic rings. The molecule has 2 atom stereocenters. The molecule has 0 rings (SSSR count). The van der Waals surface area contributed by atoms with Crippen molar-refractivity contribution < 1.29 is 9.90 Å². The molecule has 1 amide bonds. The first-order chi connectivity index (χ1) is 5.56. The van der Waals surface area contributed by atoms with Crippen LogP contribution in [0.1, 0.15) is 33.1 Å². The zero-order valence-electron chi connectivity index (χ0n) is 7.92. The van der Waals surface area contributed by atoms with Gasteiger partial charge in [0.25, 0.3) is 0 Å². The van der Waals surface area contributed by atoms with E-state index in [1.165, 1.54) is 0 Å². The summed E-state index contributed by atoms with van der Waals surface area (Å²) < 4.78 is 0.